The van der Waals surface area contributed by atoms with E-state index in [0.717, 1.165) is 32.0 Å². The number of hydrogen-bond acceptors (Lipinski definition) is 1. The van der Waals surface area contributed by atoms with E-state index < -0.39 is 0 Å². The van der Waals surface area contributed by atoms with Crippen molar-refractivity contribution in [1.29, 1.82) is 0 Å². The Bertz CT molecular complexity index is 924. The first kappa shape index (κ1) is 13.8. The quantitative estimate of drug-likeness (QED) is 0.414. The minimum absolute atomic E-state index is 0.971. The van der Waals surface area contributed by atoms with Gasteiger partial charge in [0.25, 0.3) is 0 Å². The molecule has 0 atom stereocenters. The van der Waals surface area contributed by atoms with Crippen LogP contribution < -0.4 is 0 Å². The fourth-order valence-corrected chi connectivity index (χ4v) is 3.39. The Morgan fingerprint density at radius 1 is 0.435 bits per heavy atom. The molecule has 0 N–H and O–H groups in total. The van der Waals surface area contributed by atoms with Crippen molar-refractivity contribution in [2.45, 2.75) is 9.79 Å². The first-order valence-corrected chi connectivity index (χ1v) is 8.21. The Hall–Kier alpha value is -2.87. The number of hydrogen-bond donors (Lipinski definition) is 0. The number of benzene rings is 3. The van der Waals surface area contributed by atoms with Crippen LogP contribution in [0.1, 0.15) is 22.3 Å². The second-order valence-electron chi connectivity index (χ2n) is 5.14. The van der Waals surface area contributed by atoms with Gasteiger partial charge in [-0.15, -0.1) is 0 Å². The predicted octanol–water partition coefficient (Wildman–Crippen LogP) is 4.95. The molecule has 3 aromatic carbocycles. The fourth-order valence-electron chi connectivity index (χ4n) is 2.41. The zero-order valence-electron chi connectivity index (χ0n) is 12.3. The standard InChI is InChI=1S/C22H12S/c1-2-8-18-14-16-20-10-4-6-12-22(20)23-21-11-5-3-9-19(21)15-13-17(18)7-1/h1-12H. The molecule has 106 valence electrons. The van der Waals surface area contributed by atoms with Crippen LogP contribution in [0.4, 0.5) is 0 Å². The molecule has 0 bridgehead atoms. The van der Waals surface area contributed by atoms with Crippen molar-refractivity contribution in [3.63, 3.8) is 0 Å². The molecule has 0 saturated carbocycles. The van der Waals surface area contributed by atoms with Crippen LogP contribution in [0.25, 0.3) is 0 Å². The molecule has 1 heteroatoms. The number of fused-ring (bicyclic) bond motifs is 3. The van der Waals surface area contributed by atoms with Crippen LogP contribution in [-0.4, -0.2) is 0 Å². The number of rotatable bonds is 0. The highest BCUT2D eigenvalue weighted by atomic mass is 32.2. The van der Waals surface area contributed by atoms with E-state index in [2.05, 4.69) is 60.1 Å². The third-order valence-electron chi connectivity index (χ3n) is 3.58. The smallest absolute Gasteiger partial charge is 0.0405 e. The van der Waals surface area contributed by atoms with Gasteiger partial charge in [-0.25, -0.2) is 0 Å². The highest BCUT2D eigenvalue weighted by Crippen LogP contribution is 2.32. The van der Waals surface area contributed by atoms with Gasteiger partial charge in [0.1, 0.15) is 0 Å². The van der Waals surface area contributed by atoms with Gasteiger partial charge in [-0.1, -0.05) is 71.8 Å². The molecule has 0 spiro atoms. The molecular weight excluding hydrogens is 296 g/mol. The highest BCUT2D eigenvalue weighted by molar-refractivity contribution is 7.99. The first-order chi connectivity index (χ1) is 11.4. The highest BCUT2D eigenvalue weighted by Gasteiger charge is 2.06. The summed E-state index contributed by atoms with van der Waals surface area (Å²) in [6.45, 7) is 0. The minimum Gasteiger partial charge on any atom is -0.0875 e. The molecule has 23 heavy (non-hydrogen) atoms. The van der Waals surface area contributed by atoms with Crippen molar-refractivity contribution >= 4 is 11.8 Å². The molecule has 0 fully saturated rings. The first-order valence-electron chi connectivity index (χ1n) is 7.39. The van der Waals surface area contributed by atoms with E-state index in [9.17, 15) is 0 Å². The zero-order chi connectivity index (χ0) is 15.5. The van der Waals surface area contributed by atoms with Crippen molar-refractivity contribution in [1.82, 2.24) is 0 Å². The van der Waals surface area contributed by atoms with Crippen LogP contribution in [-0.2, 0) is 0 Å². The van der Waals surface area contributed by atoms with Crippen LogP contribution in [0, 0.1) is 23.7 Å². The van der Waals surface area contributed by atoms with E-state index in [-0.39, 0.29) is 0 Å². The van der Waals surface area contributed by atoms with E-state index in [0.29, 0.717) is 0 Å². The molecule has 1 aliphatic rings. The molecule has 0 amide bonds. The third kappa shape index (κ3) is 2.88. The van der Waals surface area contributed by atoms with Gasteiger partial charge in [-0.2, -0.15) is 0 Å². The second kappa shape index (κ2) is 6.09. The lowest BCUT2D eigenvalue weighted by Gasteiger charge is -2.06. The molecule has 1 aliphatic heterocycles. The van der Waals surface area contributed by atoms with Gasteiger partial charge in [0, 0.05) is 32.0 Å². The Kier molecular flexibility index (Phi) is 3.65. The van der Waals surface area contributed by atoms with Crippen LogP contribution in [0.5, 0.6) is 0 Å². The van der Waals surface area contributed by atoms with E-state index in [4.69, 9.17) is 0 Å². The van der Waals surface area contributed by atoms with Crippen molar-refractivity contribution in [3.8, 4) is 23.7 Å². The van der Waals surface area contributed by atoms with E-state index in [1.807, 2.05) is 36.4 Å². The summed E-state index contributed by atoms with van der Waals surface area (Å²) in [4.78, 5) is 2.32. The third-order valence-corrected chi connectivity index (χ3v) is 4.74. The molecule has 0 aromatic heterocycles. The van der Waals surface area contributed by atoms with Crippen LogP contribution >= 0.6 is 11.8 Å². The van der Waals surface area contributed by atoms with E-state index >= 15 is 0 Å². The SMILES string of the molecule is C1#Cc2ccccc2Sc2ccccc2C#Cc2ccccc21. The molecule has 0 radical (unpaired) electrons. The maximum Gasteiger partial charge on any atom is 0.0405 e. The van der Waals surface area contributed by atoms with Gasteiger partial charge >= 0.3 is 0 Å². The maximum absolute atomic E-state index is 3.31. The lowest BCUT2D eigenvalue weighted by molar-refractivity contribution is 1.36. The Morgan fingerprint density at radius 3 is 1.26 bits per heavy atom. The summed E-state index contributed by atoms with van der Waals surface area (Å²) in [6.07, 6.45) is 0. The molecule has 0 aliphatic carbocycles. The van der Waals surface area contributed by atoms with Gasteiger partial charge in [-0.05, 0) is 36.4 Å². The summed E-state index contributed by atoms with van der Waals surface area (Å²) in [7, 11) is 0. The van der Waals surface area contributed by atoms with Crippen LogP contribution in [0.3, 0.4) is 0 Å². The molecule has 4 rings (SSSR count). The Labute approximate surface area is 140 Å². The van der Waals surface area contributed by atoms with Crippen LogP contribution in [0.2, 0.25) is 0 Å². The topological polar surface area (TPSA) is 0 Å². The summed E-state index contributed by atoms with van der Waals surface area (Å²) in [5.41, 5.74) is 4.03. The average molecular weight is 308 g/mol. The minimum atomic E-state index is 0.971. The van der Waals surface area contributed by atoms with E-state index in [1.165, 1.54) is 0 Å². The van der Waals surface area contributed by atoms with Crippen LogP contribution in [0.15, 0.2) is 82.6 Å². The second-order valence-corrected chi connectivity index (χ2v) is 6.22. The van der Waals surface area contributed by atoms with Crippen molar-refractivity contribution in [2.75, 3.05) is 0 Å². The predicted molar refractivity (Wildman–Crippen MR) is 95.4 cm³/mol. The average Bonchev–Trinajstić information content (AvgIpc) is 2.63. The molecule has 1 heterocycles. The normalized spacial score (nSPS) is 11.3. The Morgan fingerprint density at radius 2 is 0.783 bits per heavy atom. The lowest BCUT2D eigenvalue weighted by atomic mass is 10.1. The lowest BCUT2D eigenvalue weighted by Crippen LogP contribution is -1.84. The van der Waals surface area contributed by atoms with Gasteiger partial charge < -0.3 is 0 Å². The maximum atomic E-state index is 3.31. The molecule has 0 saturated heterocycles. The van der Waals surface area contributed by atoms with Gasteiger partial charge in [0.2, 0.25) is 0 Å². The zero-order valence-corrected chi connectivity index (χ0v) is 13.2. The van der Waals surface area contributed by atoms with Crippen molar-refractivity contribution < 1.29 is 0 Å². The molecule has 3 aromatic rings. The molecule has 0 nitrogen and oxygen atoms in total. The van der Waals surface area contributed by atoms with Gasteiger partial charge in [0.05, 0.1) is 0 Å². The van der Waals surface area contributed by atoms with Crippen molar-refractivity contribution in [3.05, 3.63) is 95.1 Å². The summed E-state index contributed by atoms with van der Waals surface area (Å²) >= 11 is 1.72. The largest absolute Gasteiger partial charge is 0.0875 e. The summed E-state index contributed by atoms with van der Waals surface area (Å²) in [6, 6.07) is 24.6. The fraction of sp³-hybridized carbons (Fsp3) is 0. The Balaban J connectivity index is 2.00. The summed E-state index contributed by atoms with van der Waals surface area (Å²) in [5, 5.41) is 0. The molecular formula is C22H12S. The summed E-state index contributed by atoms with van der Waals surface area (Å²) < 4.78 is 0. The van der Waals surface area contributed by atoms with Gasteiger partial charge in [0.15, 0.2) is 0 Å². The monoisotopic (exact) mass is 308 g/mol. The van der Waals surface area contributed by atoms with Gasteiger partial charge in [-0.3, -0.25) is 0 Å². The van der Waals surface area contributed by atoms with E-state index in [1.54, 1.807) is 11.8 Å². The van der Waals surface area contributed by atoms with Crippen molar-refractivity contribution in [2.24, 2.45) is 0 Å². The molecule has 0 unspecified atom stereocenters. The summed E-state index contributed by atoms with van der Waals surface area (Å²) in [5.74, 6) is 13.2.